The standard InChI is InChI=1S/C15H16FNO5S/c1-2-9-17(10-11-5-3-4-6-12(11)16)23(20,21)14-8-7-13(22-14)15(18)19/h3-8H,2,9-10H2,1H3,(H,18,19). The Kier molecular flexibility index (Phi) is 5.17. The van der Waals surface area contributed by atoms with Gasteiger partial charge < -0.3 is 9.52 Å². The summed E-state index contributed by atoms with van der Waals surface area (Å²) in [5, 5.41) is 8.35. The molecule has 0 aliphatic carbocycles. The number of halogens is 1. The fourth-order valence-corrected chi connectivity index (χ4v) is 3.47. The maximum atomic E-state index is 13.8. The van der Waals surface area contributed by atoms with Crippen LogP contribution in [-0.4, -0.2) is 30.3 Å². The van der Waals surface area contributed by atoms with Crippen LogP contribution >= 0.6 is 0 Å². The van der Waals surface area contributed by atoms with E-state index in [0.717, 1.165) is 16.4 Å². The van der Waals surface area contributed by atoms with E-state index in [1.54, 1.807) is 13.0 Å². The van der Waals surface area contributed by atoms with Crippen LogP contribution in [0.4, 0.5) is 4.39 Å². The number of carboxylic acids is 1. The van der Waals surface area contributed by atoms with E-state index < -0.39 is 32.7 Å². The number of hydrogen-bond acceptors (Lipinski definition) is 4. The molecule has 0 fully saturated rings. The zero-order valence-electron chi connectivity index (χ0n) is 12.4. The van der Waals surface area contributed by atoms with Crippen LogP contribution in [0.5, 0.6) is 0 Å². The van der Waals surface area contributed by atoms with E-state index in [0.29, 0.717) is 6.42 Å². The Bertz CT molecular complexity index is 800. The van der Waals surface area contributed by atoms with Gasteiger partial charge in [0.15, 0.2) is 0 Å². The summed E-state index contributed by atoms with van der Waals surface area (Å²) in [6.07, 6.45) is 0.514. The highest BCUT2D eigenvalue weighted by Crippen LogP contribution is 2.22. The van der Waals surface area contributed by atoms with E-state index in [9.17, 15) is 17.6 Å². The van der Waals surface area contributed by atoms with Gasteiger partial charge in [0.1, 0.15) is 5.82 Å². The van der Waals surface area contributed by atoms with E-state index >= 15 is 0 Å². The number of aromatic carboxylic acids is 1. The van der Waals surface area contributed by atoms with Gasteiger partial charge >= 0.3 is 5.97 Å². The quantitative estimate of drug-likeness (QED) is 0.836. The van der Waals surface area contributed by atoms with Crippen LogP contribution in [0.25, 0.3) is 0 Å². The second-order valence-electron chi connectivity index (χ2n) is 4.85. The van der Waals surface area contributed by atoms with E-state index in [1.807, 2.05) is 0 Å². The van der Waals surface area contributed by atoms with Crippen molar-refractivity contribution in [3.63, 3.8) is 0 Å². The maximum absolute atomic E-state index is 13.8. The SMILES string of the molecule is CCCN(Cc1ccccc1F)S(=O)(=O)c1ccc(C(=O)O)o1. The van der Waals surface area contributed by atoms with Gasteiger partial charge in [-0.15, -0.1) is 0 Å². The smallest absolute Gasteiger partial charge is 0.371 e. The molecule has 1 aromatic carbocycles. The molecule has 1 N–H and O–H groups in total. The Morgan fingerprint density at radius 3 is 2.52 bits per heavy atom. The average molecular weight is 341 g/mol. The minimum atomic E-state index is -4.05. The molecule has 23 heavy (non-hydrogen) atoms. The lowest BCUT2D eigenvalue weighted by Crippen LogP contribution is -2.31. The lowest BCUT2D eigenvalue weighted by atomic mass is 10.2. The van der Waals surface area contributed by atoms with Crippen LogP contribution in [0.1, 0.15) is 29.5 Å². The molecule has 0 unspecified atom stereocenters. The summed E-state index contributed by atoms with van der Waals surface area (Å²) in [6, 6.07) is 8.04. The van der Waals surface area contributed by atoms with Gasteiger partial charge in [0.2, 0.25) is 10.9 Å². The van der Waals surface area contributed by atoms with E-state index in [2.05, 4.69) is 0 Å². The molecule has 0 bridgehead atoms. The Morgan fingerprint density at radius 2 is 1.96 bits per heavy atom. The van der Waals surface area contributed by atoms with Gasteiger partial charge in [-0.25, -0.2) is 17.6 Å². The fourth-order valence-electron chi connectivity index (χ4n) is 2.05. The molecule has 0 amide bonds. The third-order valence-corrected chi connectivity index (χ3v) is 4.88. The van der Waals surface area contributed by atoms with Gasteiger partial charge in [0.25, 0.3) is 10.0 Å². The van der Waals surface area contributed by atoms with Crippen molar-refractivity contribution in [3.8, 4) is 0 Å². The predicted octanol–water partition coefficient (Wildman–Crippen LogP) is 2.72. The van der Waals surface area contributed by atoms with E-state index in [-0.39, 0.29) is 18.7 Å². The number of rotatable bonds is 7. The first-order chi connectivity index (χ1) is 10.9. The van der Waals surface area contributed by atoms with Gasteiger partial charge in [-0.3, -0.25) is 0 Å². The summed E-state index contributed by atoms with van der Waals surface area (Å²) in [5.41, 5.74) is 0.231. The fraction of sp³-hybridized carbons (Fsp3) is 0.267. The summed E-state index contributed by atoms with van der Waals surface area (Å²) >= 11 is 0. The van der Waals surface area contributed by atoms with E-state index in [4.69, 9.17) is 9.52 Å². The van der Waals surface area contributed by atoms with Crippen molar-refractivity contribution in [1.29, 1.82) is 0 Å². The van der Waals surface area contributed by atoms with Crippen molar-refractivity contribution in [3.05, 3.63) is 53.5 Å². The number of benzene rings is 1. The molecule has 6 nitrogen and oxygen atoms in total. The van der Waals surface area contributed by atoms with Gasteiger partial charge in [-0.1, -0.05) is 25.1 Å². The molecule has 2 rings (SSSR count). The van der Waals surface area contributed by atoms with Crippen LogP contribution in [0.2, 0.25) is 0 Å². The number of nitrogens with zero attached hydrogens (tertiary/aromatic N) is 1. The minimum Gasteiger partial charge on any atom is -0.475 e. The zero-order valence-corrected chi connectivity index (χ0v) is 13.2. The largest absolute Gasteiger partial charge is 0.475 e. The molecule has 0 aliphatic rings. The van der Waals surface area contributed by atoms with Crippen molar-refractivity contribution >= 4 is 16.0 Å². The lowest BCUT2D eigenvalue weighted by molar-refractivity contribution is 0.0656. The van der Waals surface area contributed by atoms with Crippen molar-refractivity contribution in [2.45, 2.75) is 25.0 Å². The summed E-state index contributed by atoms with van der Waals surface area (Å²) in [5.74, 6) is -2.33. The summed E-state index contributed by atoms with van der Waals surface area (Å²) in [7, 11) is -4.05. The lowest BCUT2D eigenvalue weighted by Gasteiger charge is -2.20. The van der Waals surface area contributed by atoms with Crippen LogP contribution in [0.3, 0.4) is 0 Å². The summed E-state index contributed by atoms with van der Waals surface area (Å²) in [6.45, 7) is 1.78. The molecule has 0 saturated carbocycles. The molecule has 1 heterocycles. The Balaban J connectivity index is 2.34. The third-order valence-electron chi connectivity index (χ3n) is 3.16. The van der Waals surface area contributed by atoms with Crippen molar-refractivity contribution in [2.75, 3.05) is 6.54 Å². The Labute approximate surface area is 133 Å². The first kappa shape index (κ1) is 17.2. The number of carbonyl (C=O) groups is 1. The molecule has 2 aromatic rings. The monoisotopic (exact) mass is 341 g/mol. The van der Waals surface area contributed by atoms with Gasteiger partial charge in [-0.05, 0) is 24.6 Å². The first-order valence-electron chi connectivity index (χ1n) is 6.93. The van der Waals surface area contributed by atoms with Crippen molar-refractivity contribution < 1.29 is 27.1 Å². The second kappa shape index (κ2) is 6.93. The van der Waals surface area contributed by atoms with E-state index in [1.165, 1.54) is 18.2 Å². The molecular formula is C15H16FNO5S. The highest BCUT2D eigenvalue weighted by atomic mass is 32.2. The molecule has 0 saturated heterocycles. The van der Waals surface area contributed by atoms with Crippen LogP contribution in [0.15, 0.2) is 45.9 Å². The average Bonchev–Trinajstić information content (AvgIpc) is 2.99. The molecular weight excluding hydrogens is 325 g/mol. The first-order valence-corrected chi connectivity index (χ1v) is 8.37. The third kappa shape index (κ3) is 3.77. The van der Waals surface area contributed by atoms with Crippen molar-refractivity contribution in [1.82, 2.24) is 4.31 Å². The Morgan fingerprint density at radius 1 is 1.26 bits per heavy atom. The van der Waals surface area contributed by atoms with Crippen molar-refractivity contribution in [2.24, 2.45) is 0 Å². The number of sulfonamides is 1. The van der Waals surface area contributed by atoms with Gasteiger partial charge in [0, 0.05) is 18.7 Å². The zero-order chi connectivity index (χ0) is 17.0. The highest BCUT2D eigenvalue weighted by Gasteiger charge is 2.28. The topological polar surface area (TPSA) is 87.8 Å². The maximum Gasteiger partial charge on any atom is 0.371 e. The predicted molar refractivity (Wildman–Crippen MR) is 80.0 cm³/mol. The normalized spacial score (nSPS) is 11.8. The van der Waals surface area contributed by atoms with Gasteiger partial charge in [-0.2, -0.15) is 4.31 Å². The van der Waals surface area contributed by atoms with Crippen LogP contribution in [0, 0.1) is 5.82 Å². The summed E-state index contributed by atoms with van der Waals surface area (Å²) < 4.78 is 44.9. The number of furan rings is 1. The number of hydrogen-bond donors (Lipinski definition) is 1. The van der Waals surface area contributed by atoms with Crippen LogP contribution < -0.4 is 0 Å². The number of carboxylic acid groups (broad SMARTS) is 1. The van der Waals surface area contributed by atoms with Crippen LogP contribution in [-0.2, 0) is 16.6 Å². The minimum absolute atomic E-state index is 0.153. The highest BCUT2D eigenvalue weighted by molar-refractivity contribution is 7.89. The molecule has 124 valence electrons. The molecule has 0 aliphatic heterocycles. The molecule has 0 radical (unpaired) electrons. The second-order valence-corrected chi connectivity index (χ2v) is 6.72. The molecule has 8 heteroatoms. The molecule has 1 aromatic heterocycles. The molecule has 0 atom stereocenters. The van der Waals surface area contributed by atoms with Gasteiger partial charge in [0.05, 0.1) is 0 Å². The summed E-state index contributed by atoms with van der Waals surface area (Å²) in [4.78, 5) is 10.8. The Hall–Kier alpha value is -2.19. The molecule has 0 spiro atoms.